The first-order valence-corrected chi connectivity index (χ1v) is 13.7. The lowest BCUT2D eigenvalue weighted by Crippen LogP contribution is -2.71. The fraction of sp³-hybridized carbons (Fsp3) is 0.273. The minimum Gasteiger partial charge on any atom is -0.478 e. The molecule has 2 aliphatic rings. The van der Waals surface area contributed by atoms with Crippen LogP contribution in [0.5, 0.6) is 0 Å². The molecular formula is C22H20ClN8O7S2+. The van der Waals surface area contributed by atoms with Crippen LogP contribution in [0.4, 0.5) is 5.13 Å². The predicted octanol–water partition coefficient (Wildman–Crippen LogP) is 0.175. The van der Waals surface area contributed by atoms with E-state index in [1.165, 1.54) is 18.7 Å². The Morgan fingerprint density at radius 3 is 2.88 bits per heavy atom. The molecule has 0 saturated carbocycles. The third-order valence-corrected chi connectivity index (χ3v) is 8.44. The quantitative estimate of drug-likeness (QED) is 0.0955. The Bertz CT molecular complexity index is 1620. The molecule has 2 amide bonds. The lowest BCUT2D eigenvalue weighted by atomic mass is 10.0. The van der Waals surface area contributed by atoms with Crippen LogP contribution < -0.4 is 15.6 Å². The number of carboxylic acid groups (broad SMARTS) is 2. The lowest BCUT2D eigenvalue weighted by Gasteiger charge is -2.49. The standard InChI is InChI=1S/C22H19ClN8O7S2/c1-8(20(34)35)38-29-13(12-16(23)40-22(24)28-12)17(32)27-14-18(33)31-15(21(36)37)9(6-39-19(14)31)4-30-3-2-10-11(5-30)26-7-25-10/h2-3,5,7-8,14,19H,4,6H2,1H3,(H5,24,27,28,32,34,35,36,37)/p+1/t8-,14?,19?/m0/s1. The number of nitrogen functional groups attached to an aromatic ring is 1. The molecule has 0 bridgehead atoms. The molecule has 2 aliphatic heterocycles. The maximum Gasteiger partial charge on any atom is 0.352 e. The van der Waals surface area contributed by atoms with Gasteiger partial charge in [0.25, 0.3) is 11.8 Å². The number of imidazole rings is 1. The zero-order valence-corrected chi connectivity index (χ0v) is 22.8. The fourth-order valence-corrected chi connectivity index (χ4v) is 6.36. The van der Waals surface area contributed by atoms with Crippen LogP contribution in [-0.4, -0.2) is 82.8 Å². The first-order chi connectivity index (χ1) is 19.0. The Balaban J connectivity index is 1.37. The van der Waals surface area contributed by atoms with Gasteiger partial charge in [0.15, 0.2) is 29.8 Å². The third-order valence-electron chi connectivity index (χ3n) is 6.02. The maximum atomic E-state index is 13.2. The number of H-pyrrole nitrogens is 1. The number of amides is 2. The monoisotopic (exact) mass is 607 g/mol. The zero-order chi connectivity index (χ0) is 28.7. The number of fused-ring (bicyclic) bond motifs is 2. The van der Waals surface area contributed by atoms with Gasteiger partial charge in [-0.2, -0.15) is 4.57 Å². The smallest absolute Gasteiger partial charge is 0.352 e. The first-order valence-electron chi connectivity index (χ1n) is 11.5. The molecule has 0 aromatic carbocycles. The van der Waals surface area contributed by atoms with Crippen LogP contribution in [0.15, 0.2) is 41.2 Å². The number of hydrogen-bond donors (Lipinski definition) is 5. The van der Waals surface area contributed by atoms with Gasteiger partial charge >= 0.3 is 11.9 Å². The zero-order valence-electron chi connectivity index (χ0n) is 20.4. The van der Waals surface area contributed by atoms with E-state index < -0.39 is 47.0 Å². The molecular weight excluding hydrogens is 588 g/mol. The number of hydrogen-bond acceptors (Lipinski definition) is 11. The summed E-state index contributed by atoms with van der Waals surface area (Å²) >= 11 is 8.28. The summed E-state index contributed by atoms with van der Waals surface area (Å²) in [6.45, 7) is 1.42. The summed E-state index contributed by atoms with van der Waals surface area (Å²) in [5.41, 5.74) is 6.92. The number of rotatable bonds is 9. The molecule has 2 unspecified atom stereocenters. The van der Waals surface area contributed by atoms with Crippen molar-refractivity contribution in [3.05, 3.63) is 46.1 Å². The minimum atomic E-state index is -1.40. The van der Waals surface area contributed by atoms with Crippen LogP contribution in [-0.2, 0) is 30.6 Å². The summed E-state index contributed by atoms with van der Waals surface area (Å²) in [7, 11) is 0. The summed E-state index contributed by atoms with van der Waals surface area (Å²) in [5, 5.41) is 24.5. The van der Waals surface area contributed by atoms with Gasteiger partial charge in [0.2, 0.25) is 6.10 Å². The van der Waals surface area contributed by atoms with E-state index in [-0.39, 0.29) is 33.2 Å². The molecule has 0 aliphatic carbocycles. The summed E-state index contributed by atoms with van der Waals surface area (Å²) in [5.74, 6) is -3.90. The van der Waals surface area contributed by atoms with E-state index >= 15 is 0 Å². The minimum absolute atomic E-state index is 0.00172. The summed E-state index contributed by atoms with van der Waals surface area (Å²) in [4.78, 5) is 66.9. The largest absolute Gasteiger partial charge is 0.478 e. The molecule has 3 aromatic rings. The van der Waals surface area contributed by atoms with Crippen molar-refractivity contribution in [1.29, 1.82) is 0 Å². The number of nitrogens with one attached hydrogen (secondary N) is 2. The highest BCUT2D eigenvalue weighted by atomic mass is 35.5. The Morgan fingerprint density at radius 2 is 2.20 bits per heavy atom. The molecule has 15 nitrogen and oxygen atoms in total. The number of oxime groups is 1. The number of nitrogens with two attached hydrogens (primary N) is 1. The van der Waals surface area contributed by atoms with Gasteiger partial charge < -0.3 is 31.1 Å². The maximum absolute atomic E-state index is 13.2. The molecule has 18 heteroatoms. The molecule has 1 fully saturated rings. The number of carbonyl (C=O) groups excluding carboxylic acids is 2. The Morgan fingerprint density at radius 1 is 1.43 bits per heavy atom. The normalized spacial score (nSPS) is 19.7. The van der Waals surface area contributed by atoms with E-state index in [1.807, 2.05) is 0 Å². The van der Waals surface area contributed by atoms with Crippen LogP contribution in [0.25, 0.3) is 11.0 Å². The Kier molecular flexibility index (Phi) is 7.35. The second-order valence-electron chi connectivity index (χ2n) is 8.64. The van der Waals surface area contributed by atoms with Gasteiger partial charge in [-0.3, -0.25) is 14.5 Å². The van der Waals surface area contributed by atoms with Gasteiger partial charge in [0.1, 0.15) is 38.2 Å². The van der Waals surface area contributed by atoms with E-state index in [4.69, 9.17) is 27.3 Å². The third kappa shape index (κ3) is 5.05. The van der Waals surface area contributed by atoms with Gasteiger partial charge in [-0.25, -0.2) is 19.6 Å². The molecule has 40 heavy (non-hydrogen) atoms. The highest BCUT2D eigenvalue weighted by Gasteiger charge is 2.55. The van der Waals surface area contributed by atoms with Gasteiger partial charge in [-0.05, 0) is 6.92 Å². The molecule has 5 heterocycles. The number of β-lactam (4-membered cyclic amide) rings is 1. The Labute approximate surface area is 237 Å². The predicted molar refractivity (Wildman–Crippen MR) is 142 cm³/mol. The van der Waals surface area contributed by atoms with Crippen molar-refractivity contribution in [3.63, 3.8) is 0 Å². The number of aliphatic carboxylic acids is 2. The number of thiazole rings is 1. The number of nitrogens with zero attached hydrogens (tertiary/aromatic N) is 5. The van der Waals surface area contributed by atoms with Crippen LogP contribution in [0, 0.1) is 0 Å². The summed E-state index contributed by atoms with van der Waals surface area (Å²) in [6.07, 6.45) is 3.70. The summed E-state index contributed by atoms with van der Waals surface area (Å²) in [6, 6.07) is 0.688. The SMILES string of the molecule is C[C@H](ON=C(C(=O)NC1C(=O)N2C(C(=O)O)=C(C[n+]3ccc4nc[nH]c4c3)CSC12)c1nc(N)sc1Cl)C(=O)O. The first kappa shape index (κ1) is 27.4. The number of thioether (sulfide) groups is 1. The van der Waals surface area contributed by atoms with Crippen molar-refractivity contribution in [1.82, 2.24) is 25.2 Å². The molecule has 0 spiro atoms. The second kappa shape index (κ2) is 10.7. The van der Waals surface area contributed by atoms with E-state index in [2.05, 4.69) is 25.4 Å². The van der Waals surface area contributed by atoms with Crippen LogP contribution in [0.3, 0.4) is 0 Å². The highest BCUT2D eigenvalue weighted by Crippen LogP contribution is 2.40. The van der Waals surface area contributed by atoms with Gasteiger partial charge in [-0.1, -0.05) is 28.1 Å². The van der Waals surface area contributed by atoms with Crippen molar-refractivity contribution < 1.29 is 38.8 Å². The number of aromatic amines is 1. The van der Waals surface area contributed by atoms with Crippen LogP contribution in [0.1, 0.15) is 12.6 Å². The van der Waals surface area contributed by atoms with E-state index in [0.717, 1.165) is 27.3 Å². The van der Waals surface area contributed by atoms with Gasteiger partial charge in [0.05, 0.1) is 6.33 Å². The average Bonchev–Trinajstić information content (AvgIpc) is 3.51. The molecule has 1 saturated heterocycles. The van der Waals surface area contributed by atoms with Crippen molar-refractivity contribution in [3.8, 4) is 0 Å². The molecule has 5 rings (SSSR count). The number of anilines is 1. The van der Waals surface area contributed by atoms with E-state index in [0.29, 0.717) is 5.57 Å². The number of carboxylic acids is 2. The number of pyridine rings is 1. The lowest BCUT2D eigenvalue weighted by molar-refractivity contribution is -0.687. The number of halogens is 1. The van der Waals surface area contributed by atoms with Gasteiger partial charge in [0, 0.05) is 17.4 Å². The molecule has 6 N–H and O–H groups in total. The molecule has 0 radical (unpaired) electrons. The molecule has 3 atom stereocenters. The van der Waals surface area contributed by atoms with E-state index in [1.54, 1.807) is 29.4 Å². The second-order valence-corrected chi connectivity index (χ2v) is 11.4. The number of aromatic nitrogens is 4. The molecule has 208 valence electrons. The van der Waals surface area contributed by atoms with Crippen molar-refractivity contribution in [2.75, 3.05) is 11.5 Å². The van der Waals surface area contributed by atoms with Crippen LogP contribution >= 0.6 is 34.7 Å². The van der Waals surface area contributed by atoms with Crippen LogP contribution in [0.2, 0.25) is 4.34 Å². The summed E-state index contributed by atoms with van der Waals surface area (Å²) < 4.78 is 1.78. The average molecular weight is 608 g/mol. The van der Waals surface area contributed by atoms with Crippen molar-refractivity contribution in [2.24, 2.45) is 5.16 Å². The van der Waals surface area contributed by atoms with E-state index in [9.17, 15) is 24.3 Å². The molecule has 3 aromatic heterocycles. The fourth-order valence-electron chi connectivity index (χ4n) is 4.09. The van der Waals surface area contributed by atoms with Crippen molar-refractivity contribution >= 4 is 80.3 Å². The van der Waals surface area contributed by atoms with Gasteiger partial charge in [-0.15, -0.1) is 11.8 Å². The highest BCUT2D eigenvalue weighted by molar-refractivity contribution is 8.00. The number of carbonyl (C=O) groups is 4. The Hall–Kier alpha value is -4.22. The van der Waals surface area contributed by atoms with Crippen molar-refractivity contribution in [2.45, 2.75) is 31.0 Å². The topological polar surface area (TPSA) is 217 Å².